The van der Waals surface area contributed by atoms with Gasteiger partial charge in [-0.15, -0.1) is 0 Å². The molecular weight excluding hydrogens is 358 g/mol. The van der Waals surface area contributed by atoms with Crippen LogP contribution in [0.3, 0.4) is 0 Å². The van der Waals surface area contributed by atoms with Crippen LogP contribution in [0.2, 0.25) is 0 Å². The van der Waals surface area contributed by atoms with Gasteiger partial charge in [0.1, 0.15) is 0 Å². The molecule has 0 radical (unpaired) electrons. The summed E-state index contributed by atoms with van der Waals surface area (Å²) < 4.78 is 22.7. The van der Waals surface area contributed by atoms with Gasteiger partial charge in [0, 0.05) is 36.6 Å². The summed E-state index contributed by atoms with van der Waals surface area (Å²) in [6.45, 7) is 3.42. The van der Waals surface area contributed by atoms with E-state index < -0.39 is 0 Å². The first-order valence-electron chi connectivity index (χ1n) is 10.0. The Bertz CT molecular complexity index is 889. The maximum absolute atomic E-state index is 13.4. The third kappa shape index (κ3) is 2.85. The number of rotatable bonds is 4. The average Bonchev–Trinajstić information content (AvgIpc) is 3.27. The molecule has 1 saturated heterocycles. The van der Waals surface area contributed by atoms with E-state index in [0.717, 1.165) is 49.7 Å². The zero-order valence-corrected chi connectivity index (χ0v) is 17.2. The van der Waals surface area contributed by atoms with Crippen LogP contribution >= 0.6 is 0 Å². The Kier molecular flexibility index (Phi) is 5.00. The SMILES string of the molecule is COc1ccc2c(C)c(C(=O)N3CCC[C@@]4(CCC[C@H]4OC)C3)oc2c1OC. The lowest BCUT2D eigenvalue weighted by Gasteiger charge is -2.43. The Morgan fingerprint density at radius 2 is 1.96 bits per heavy atom. The van der Waals surface area contributed by atoms with Crippen molar-refractivity contribution < 1.29 is 23.4 Å². The van der Waals surface area contributed by atoms with Crippen molar-refractivity contribution in [2.45, 2.75) is 45.1 Å². The number of hydrogen-bond acceptors (Lipinski definition) is 5. The molecule has 2 heterocycles. The normalized spacial score (nSPS) is 24.9. The number of carbonyl (C=O) groups excluding carboxylic acids is 1. The van der Waals surface area contributed by atoms with Gasteiger partial charge in [-0.1, -0.05) is 6.42 Å². The number of aryl methyl sites for hydroxylation is 1. The fourth-order valence-electron chi connectivity index (χ4n) is 5.22. The van der Waals surface area contributed by atoms with E-state index in [4.69, 9.17) is 18.6 Å². The first-order chi connectivity index (χ1) is 13.5. The third-order valence-electron chi connectivity index (χ3n) is 6.65. The fraction of sp³-hybridized carbons (Fsp3) is 0.591. The van der Waals surface area contributed by atoms with Crippen LogP contribution in [0.15, 0.2) is 16.5 Å². The Morgan fingerprint density at radius 1 is 1.18 bits per heavy atom. The molecule has 0 N–H and O–H groups in total. The minimum Gasteiger partial charge on any atom is -0.493 e. The number of furan rings is 1. The summed E-state index contributed by atoms with van der Waals surface area (Å²) in [5.41, 5.74) is 1.49. The molecule has 0 bridgehead atoms. The second kappa shape index (κ2) is 7.32. The number of piperidine rings is 1. The number of amides is 1. The van der Waals surface area contributed by atoms with Gasteiger partial charge in [0.05, 0.1) is 20.3 Å². The van der Waals surface area contributed by atoms with Crippen LogP contribution in [0.4, 0.5) is 0 Å². The van der Waals surface area contributed by atoms with E-state index in [2.05, 4.69) is 0 Å². The van der Waals surface area contributed by atoms with E-state index in [-0.39, 0.29) is 17.4 Å². The van der Waals surface area contributed by atoms with E-state index in [1.54, 1.807) is 21.3 Å². The van der Waals surface area contributed by atoms with Crippen LogP contribution in [-0.2, 0) is 4.74 Å². The van der Waals surface area contributed by atoms with Crippen molar-refractivity contribution >= 4 is 16.9 Å². The maximum atomic E-state index is 13.4. The summed E-state index contributed by atoms with van der Waals surface area (Å²) in [5.74, 6) is 1.46. The topological polar surface area (TPSA) is 61.1 Å². The van der Waals surface area contributed by atoms with Gasteiger partial charge >= 0.3 is 0 Å². The first kappa shape index (κ1) is 19.1. The van der Waals surface area contributed by atoms with Crippen LogP contribution in [-0.4, -0.2) is 51.3 Å². The summed E-state index contributed by atoms with van der Waals surface area (Å²) >= 11 is 0. The molecule has 1 amide bonds. The molecule has 1 aromatic heterocycles. The Labute approximate surface area is 165 Å². The van der Waals surface area contributed by atoms with Gasteiger partial charge in [-0.2, -0.15) is 0 Å². The molecule has 4 rings (SSSR count). The van der Waals surface area contributed by atoms with Crippen LogP contribution in [0.1, 0.15) is 48.2 Å². The van der Waals surface area contributed by atoms with Crippen LogP contribution in [0, 0.1) is 12.3 Å². The van der Waals surface area contributed by atoms with Gasteiger partial charge in [-0.3, -0.25) is 4.79 Å². The van der Waals surface area contributed by atoms with Crippen LogP contribution < -0.4 is 9.47 Å². The number of nitrogens with zero attached hydrogens (tertiary/aromatic N) is 1. The standard InChI is InChI=1S/C22H29NO5/c1-14-15-8-9-16(25-2)20(27-4)19(15)28-18(14)21(24)23-12-6-11-22(13-23)10-5-7-17(22)26-3/h8-9,17H,5-7,10-13H2,1-4H3/t17-,22+/m1/s1. The maximum Gasteiger partial charge on any atom is 0.289 e. The molecular formula is C22H29NO5. The monoisotopic (exact) mass is 387 g/mol. The van der Waals surface area contributed by atoms with Gasteiger partial charge in [0.15, 0.2) is 17.1 Å². The molecule has 2 aliphatic rings. The van der Waals surface area contributed by atoms with Gasteiger partial charge < -0.3 is 23.5 Å². The number of likely N-dealkylation sites (tertiary alicyclic amines) is 1. The Hall–Kier alpha value is -2.21. The molecule has 2 atom stereocenters. The summed E-state index contributed by atoms with van der Waals surface area (Å²) in [6, 6.07) is 3.76. The second-order valence-corrected chi connectivity index (χ2v) is 8.04. The van der Waals surface area contributed by atoms with Gasteiger partial charge in [-0.05, 0) is 44.7 Å². The van der Waals surface area contributed by atoms with Crippen LogP contribution in [0.5, 0.6) is 11.5 Å². The highest BCUT2D eigenvalue weighted by Gasteiger charge is 2.47. The van der Waals surface area contributed by atoms with Crippen molar-refractivity contribution in [1.82, 2.24) is 4.90 Å². The average molecular weight is 387 g/mol. The van der Waals surface area contributed by atoms with Crippen molar-refractivity contribution in [3.05, 3.63) is 23.5 Å². The number of benzene rings is 1. The number of hydrogen-bond donors (Lipinski definition) is 0. The van der Waals surface area contributed by atoms with E-state index in [9.17, 15) is 4.79 Å². The lowest BCUT2D eigenvalue weighted by atomic mass is 9.76. The largest absolute Gasteiger partial charge is 0.493 e. The molecule has 1 spiro atoms. The smallest absolute Gasteiger partial charge is 0.289 e. The predicted molar refractivity (Wildman–Crippen MR) is 106 cm³/mol. The minimum atomic E-state index is -0.0458. The summed E-state index contributed by atoms with van der Waals surface area (Å²) in [6.07, 6.45) is 5.74. The molecule has 152 valence electrons. The zero-order valence-electron chi connectivity index (χ0n) is 17.2. The van der Waals surface area contributed by atoms with Crippen molar-refractivity contribution in [2.24, 2.45) is 5.41 Å². The number of ether oxygens (including phenoxy) is 3. The van der Waals surface area contributed by atoms with E-state index in [1.165, 1.54) is 6.42 Å². The highest BCUT2D eigenvalue weighted by Crippen LogP contribution is 2.47. The van der Waals surface area contributed by atoms with Gasteiger partial charge in [0.2, 0.25) is 5.75 Å². The molecule has 1 aromatic carbocycles. The highest BCUT2D eigenvalue weighted by molar-refractivity contribution is 6.01. The molecule has 6 heteroatoms. The fourth-order valence-corrected chi connectivity index (χ4v) is 5.22. The Balaban J connectivity index is 1.68. The first-order valence-corrected chi connectivity index (χ1v) is 10.0. The number of fused-ring (bicyclic) bond motifs is 1. The van der Waals surface area contributed by atoms with Crippen molar-refractivity contribution in [3.8, 4) is 11.5 Å². The summed E-state index contributed by atoms with van der Waals surface area (Å²) in [4.78, 5) is 15.4. The van der Waals surface area contributed by atoms with Gasteiger partial charge in [-0.25, -0.2) is 0 Å². The molecule has 6 nitrogen and oxygen atoms in total. The quantitative estimate of drug-likeness (QED) is 0.788. The van der Waals surface area contributed by atoms with Crippen molar-refractivity contribution in [2.75, 3.05) is 34.4 Å². The van der Waals surface area contributed by atoms with E-state index in [1.807, 2.05) is 24.0 Å². The molecule has 1 aliphatic carbocycles. The van der Waals surface area contributed by atoms with Gasteiger partial charge in [0.25, 0.3) is 5.91 Å². The minimum absolute atomic E-state index is 0.0458. The van der Waals surface area contributed by atoms with E-state index in [0.29, 0.717) is 22.8 Å². The molecule has 28 heavy (non-hydrogen) atoms. The van der Waals surface area contributed by atoms with E-state index >= 15 is 0 Å². The van der Waals surface area contributed by atoms with Crippen molar-refractivity contribution in [1.29, 1.82) is 0 Å². The molecule has 2 aromatic rings. The Morgan fingerprint density at radius 3 is 2.68 bits per heavy atom. The lowest BCUT2D eigenvalue weighted by Crippen LogP contribution is -2.49. The number of carbonyl (C=O) groups is 1. The number of methoxy groups -OCH3 is 3. The summed E-state index contributed by atoms with van der Waals surface area (Å²) in [5, 5.41) is 0.878. The second-order valence-electron chi connectivity index (χ2n) is 8.04. The van der Waals surface area contributed by atoms with Crippen molar-refractivity contribution in [3.63, 3.8) is 0 Å². The predicted octanol–water partition coefficient (Wildman–Crippen LogP) is 4.18. The molecule has 1 saturated carbocycles. The highest BCUT2D eigenvalue weighted by atomic mass is 16.5. The third-order valence-corrected chi connectivity index (χ3v) is 6.65. The molecule has 2 fully saturated rings. The van der Waals surface area contributed by atoms with Crippen LogP contribution in [0.25, 0.3) is 11.0 Å². The summed E-state index contributed by atoms with van der Waals surface area (Å²) in [7, 11) is 4.96. The molecule has 1 aliphatic heterocycles. The lowest BCUT2D eigenvalue weighted by molar-refractivity contribution is -0.0301. The molecule has 0 unspecified atom stereocenters. The zero-order chi connectivity index (χ0) is 19.9.